The van der Waals surface area contributed by atoms with Crippen molar-refractivity contribution in [1.29, 1.82) is 0 Å². The van der Waals surface area contributed by atoms with Gasteiger partial charge in [0.05, 0.1) is 25.6 Å². The van der Waals surface area contributed by atoms with Crippen molar-refractivity contribution in [3.05, 3.63) is 78.6 Å². The number of hydrogen-bond acceptors (Lipinski definition) is 4. The van der Waals surface area contributed by atoms with E-state index in [1.807, 2.05) is 54.6 Å². The Bertz CT molecular complexity index is 685. The number of nitrogens with zero attached hydrogens (tertiary/aromatic N) is 1. The molecular formula is C19H20N2O3. The highest BCUT2D eigenvalue weighted by Gasteiger charge is 2.13. The summed E-state index contributed by atoms with van der Waals surface area (Å²) in [5, 5.41) is 2.90. The van der Waals surface area contributed by atoms with Crippen LogP contribution in [0.3, 0.4) is 0 Å². The topological polar surface area (TPSA) is 58.6 Å². The molecular weight excluding hydrogens is 304 g/mol. The zero-order valence-corrected chi connectivity index (χ0v) is 13.4. The third kappa shape index (κ3) is 4.86. The van der Waals surface area contributed by atoms with Gasteiger partial charge in [0.25, 0.3) is 0 Å². The second-order valence-electron chi connectivity index (χ2n) is 5.53. The van der Waals surface area contributed by atoms with E-state index >= 15 is 0 Å². The highest BCUT2D eigenvalue weighted by Crippen LogP contribution is 2.12. The molecule has 5 heteroatoms. The van der Waals surface area contributed by atoms with E-state index in [1.165, 1.54) is 0 Å². The number of furan rings is 2. The fraction of sp³-hybridized carbons (Fsp3) is 0.211. The second kappa shape index (κ2) is 8.17. The van der Waals surface area contributed by atoms with Crippen molar-refractivity contribution in [2.75, 3.05) is 11.9 Å². The number of para-hydroxylation sites is 1. The molecule has 3 rings (SSSR count). The van der Waals surface area contributed by atoms with Crippen molar-refractivity contribution in [3.8, 4) is 0 Å². The summed E-state index contributed by atoms with van der Waals surface area (Å²) in [6.07, 6.45) is 3.71. The van der Waals surface area contributed by atoms with Crippen LogP contribution in [-0.4, -0.2) is 17.4 Å². The quantitative estimate of drug-likeness (QED) is 0.682. The summed E-state index contributed by atoms with van der Waals surface area (Å²) in [6.45, 7) is 1.87. The second-order valence-corrected chi connectivity index (χ2v) is 5.53. The van der Waals surface area contributed by atoms with Crippen LogP contribution in [0.15, 0.2) is 76.0 Å². The number of benzene rings is 1. The van der Waals surface area contributed by atoms with Gasteiger partial charge in [-0.15, -0.1) is 0 Å². The lowest BCUT2D eigenvalue weighted by atomic mass is 10.2. The van der Waals surface area contributed by atoms with Crippen LogP contribution in [0, 0.1) is 0 Å². The van der Waals surface area contributed by atoms with Gasteiger partial charge in [-0.05, 0) is 36.4 Å². The first-order valence-corrected chi connectivity index (χ1v) is 7.91. The maximum Gasteiger partial charge on any atom is 0.225 e. The van der Waals surface area contributed by atoms with Gasteiger partial charge in [0, 0.05) is 18.7 Å². The van der Waals surface area contributed by atoms with E-state index < -0.39 is 0 Å². The van der Waals surface area contributed by atoms with Crippen molar-refractivity contribution in [2.24, 2.45) is 0 Å². The monoisotopic (exact) mass is 324 g/mol. The fourth-order valence-electron chi connectivity index (χ4n) is 2.46. The summed E-state index contributed by atoms with van der Waals surface area (Å²) in [5.74, 6) is 1.72. The zero-order chi connectivity index (χ0) is 16.6. The minimum atomic E-state index is -0.00918. The summed E-state index contributed by atoms with van der Waals surface area (Å²) >= 11 is 0. The maximum absolute atomic E-state index is 12.1. The lowest BCUT2D eigenvalue weighted by molar-refractivity contribution is -0.116. The predicted octanol–water partition coefficient (Wildman–Crippen LogP) is 3.90. The number of nitrogens with one attached hydrogen (secondary N) is 1. The molecule has 0 aliphatic rings. The van der Waals surface area contributed by atoms with Crippen LogP contribution >= 0.6 is 0 Å². The molecule has 1 N–H and O–H groups in total. The molecule has 0 atom stereocenters. The van der Waals surface area contributed by atoms with E-state index in [-0.39, 0.29) is 5.91 Å². The Morgan fingerprint density at radius 1 is 0.875 bits per heavy atom. The van der Waals surface area contributed by atoms with E-state index in [1.54, 1.807) is 12.5 Å². The SMILES string of the molecule is O=C(CCN(Cc1ccco1)Cc1ccco1)Nc1ccccc1. The molecule has 0 bridgehead atoms. The van der Waals surface area contributed by atoms with Crippen LogP contribution in [-0.2, 0) is 17.9 Å². The van der Waals surface area contributed by atoms with E-state index in [0.717, 1.165) is 17.2 Å². The van der Waals surface area contributed by atoms with E-state index in [2.05, 4.69) is 10.2 Å². The molecule has 0 aliphatic carbocycles. The molecule has 2 aromatic heterocycles. The lowest BCUT2D eigenvalue weighted by Crippen LogP contribution is -2.27. The third-order valence-electron chi connectivity index (χ3n) is 3.63. The van der Waals surface area contributed by atoms with Crippen molar-refractivity contribution in [1.82, 2.24) is 4.90 Å². The Hall–Kier alpha value is -2.79. The van der Waals surface area contributed by atoms with Gasteiger partial charge < -0.3 is 14.2 Å². The van der Waals surface area contributed by atoms with Gasteiger partial charge in [0.2, 0.25) is 5.91 Å². The van der Waals surface area contributed by atoms with Crippen LogP contribution in [0.2, 0.25) is 0 Å². The molecule has 124 valence electrons. The lowest BCUT2D eigenvalue weighted by Gasteiger charge is -2.19. The largest absolute Gasteiger partial charge is 0.468 e. The smallest absolute Gasteiger partial charge is 0.225 e. The number of amides is 1. The Kier molecular flexibility index (Phi) is 5.48. The highest BCUT2D eigenvalue weighted by atomic mass is 16.3. The molecule has 0 unspecified atom stereocenters. The molecule has 0 radical (unpaired) electrons. The van der Waals surface area contributed by atoms with Gasteiger partial charge in [-0.2, -0.15) is 0 Å². The van der Waals surface area contributed by atoms with Crippen molar-refractivity contribution < 1.29 is 13.6 Å². The average molecular weight is 324 g/mol. The number of rotatable bonds is 8. The molecule has 0 saturated heterocycles. The van der Waals surface area contributed by atoms with Crippen LogP contribution in [0.25, 0.3) is 0 Å². The maximum atomic E-state index is 12.1. The average Bonchev–Trinajstić information content (AvgIpc) is 3.27. The summed E-state index contributed by atoms with van der Waals surface area (Å²) in [5.41, 5.74) is 0.811. The summed E-state index contributed by atoms with van der Waals surface area (Å²) < 4.78 is 10.8. The normalized spacial score (nSPS) is 10.9. The van der Waals surface area contributed by atoms with E-state index in [0.29, 0.717) is 26.1 Å². The first-order valence-electron chi connectivity index (χ1n) is 7.91. The molecule has 24 heavy (non-hydrogen) atoms. The molecule has 0 spiro atoms. The number of carbonyl (C=O) groups excluding carboxylic acids is 1. The van der Waals surface area contributed by atoms with Crippen LogP contribution in [0.5, 0.6) is 0 Å². The standard InChI is InChI=1S/C19H20N2O3/c22-19(20-16-6-2-1-3-7-16)10-11-21(14-17-8-4-12-23-17)15-18-9-5-13-24-18/h1-9,12-13H,10-11,14-15H2,(H,20,22). The molecule has 1 amide bonds. The Labute approximate surface area is 140 Å². The van der Waals surface area contributed by atoms with E-state index in [9.17, 15) is 4.79 Å². The Balaban J connectivity index is 1.55. The zero-order valence-electron chi connectivity index (χ0n) is 13.4. The number of anilines is 1. The molecule has 3 aromatic rings. The Morgan fingerprint density at radius 3 is 2.04 bits per heavy atom. The van der Waals surface area contributed by atoms with Gasteiger partial charge in [0.1, 0.15) is 11.5 Å². The molecule has 0 aliphatic heterocycles. The van der Waals surface area contributed by atoms with Crippen LogP contribution in [0.4, 0.5) is 5.69 Å². The fourth-order valence-corrected chi connectivity index (χ4v) is 2.46. The van der Waals surface area contributed by atoms with Crippen molar-refractivity contribution >= 4 is 11.6 Å². The third-order valence-corrected chi connectivity index (χ3v) is 3.63. The first kappa shape index (κ1) is 16.1. The predicted molar refractivity (Wildman–Crippen MR) is 91.2 cm³/mol. The van der Waals surface area contributed by atoms with Gasteiger partial charge in [-0.3, -0.25) is 9.69 Å². The molecule has 0 fully saturated rings. The minimum Gasteiger partial charge on any atom is -0.468 e. The molecule has 5 nitrogen and oxygen atoms in total. The number of carbonyl (C=O) groups is 1. The summed E-state index contributed by atoms with van der Waals surface area (Å²) in [4.78, 5) is 14.3. The van der Waals surface area contributed by atoms with Gasteiger partial charge in [0.15, 0.2) is 0 Å². The minimum absolute atomic E-state index is 0.00918. The molecule has 0 saturated carbocycles. The van der Waals surface area contributed by atoms with Crippen LogP contribution < -0.4 is 5.32 Å². The van der Waals surface area contributed by atoms with Gasteiger partial charge in [-0.1, -0.05) is 18.2 Å². The Morgan fingerprint density at radius 2 is 1.50 bits per heavy atom. The van der Waals surface area contributed by atoms with Gasteiger partial charge in [-0.25, -0.2) is 0 Å². The van der Waals surface area contributed by atoms with E-state index in [4.69, 9.17) is 8.83 Å². The number of hydrogen-bond donors (Lipinski definition) is 1. The van der Waals surface area contributed by atoms with Crippen LogP contribution in [0.1, 0.15) is 17.9 Å². The highest BCUT2D eigenvalue weighted by molar-refractivity contribution is 5.90. The van der Waals surface area contributed by atoms with Crippen molar-refractivity contribution in [2.45, 2.75) is 19.5 Å². The van der Waals surface area contributed by atoms with Gasteiger partial charge >= 0.3 is 0 Å². The molecule has 2 heterocycles. The van der Waals surface area contributed by atoms with Crippen molar-refractivity contribution in [3.63, 3.8) is 0 Å². The summed E-state index contributed by atoms with van der Waals surface area (Å²) in [7, 11) is 0. The molecule has 1 aromatic carbocycles. The summed E-state index contributed by atoms with van der Waals surface area (Å²) in [6, 6.07) is 17.1. The first-order chi connectivity index (χ1) is 11.8.